The molecule has 0 atom stereocenters. The molecule has 2 aromatic rings. The molecule has 2 heterocycles. The fourth-order valence-electron chi connectivity index (χ4n) is 3.57. The number of amides is 4. The predicted octanol–water partition coefficient (Wildman–Crippen LogP) is 4.09. The van der Waals surface area contributed by atoms with Crippen LogP contribution in [0.3, 0.4) is 0 Å². The van der Waals surface area contributed by atoms with Crippen molar-refractivity contribution in [1.29, 1.82) is 0 Å². The Kier molecular flexibility index (Phi) is 6.29. The van der Waals surface area contributed by atoms with Gasteiger partial charge in [0.15, 0.2) is 0 Å². The molecule has 1 aliphatic rings. The summed E-state index contributed by atoms with van der Waals surface area (Å²) < 4.78 is 2.13. The van der Waals surface area contributed by atoms with Crippen molar-refractivity contribution in [3.8, 4) is 0 Å². The second-order valence-corrected chi connectivity index (χ2v) is 7.13. The van der Waals surface area contributed by atoms with Gasteiger partial charge in [0.25, 0.3) is 11.8 Å². The molecule has 1 N–H and O–H groups in total. The summed E-state index contributed by atoms with van der Waals surface area (Å²) in [6, 6.07) is 7.29. The molecule has 148 valence electrons. The van der Waals surface area contributed by atoms with E-state index in [2.05, 4.69) is 23.7 Å². The van der Waals surface area contributed by atoms with Crippen LogP contribution in [-0.2, 0) is 16.1 Å². The number of fused-ring (bicyclic) bond motifs is 1. The number of hydrogen-bond donors (Lipinski definition) is 1. The van der Waals surface area contributed by atoms with Gasteiger partial charge >= 0.3 is 6.03 Å². The average Bonchev–Trinajstić information content (AvgIpc) is 3.02. The van der Waals surface area contributed by atoms with Crippen LogP contribution in [0.15, 0.2) is 36.0 Å². The zero-order chi connectivity index (χ0) is 20.1. The van der Waals surface area contributed by atoms with E-state index in [0.717, 1.165) is 60.0 Å². The second kappa shape index (κ2) is 8.87. The predicted molar refractivity (Wildman–Crippen MR) is 110 cm³/mol. The first-order valence-electron chi connectivity index (χ1n) is 10.0. The Morgan fingerprint density at radius 3 is 2.50 bits per heavy atom. The van der Waals surface area contributed by atoms with Gasteiger partial charge in [-0.15, -0.1) is 0 Å². The highest BCUT2D eigenvalue weighted by atomic mass is 16.2. The van der Waals surface area contributed by atoms with Gasteiger partial charge in [-0.1, -0.05) is 51.3 Å². The Bertz CT molecular complexity index is 926. The van der Waals surface area contributed by atoms with Crippen molar-refractivity contribution in [1.82, 2.24) is 14.8 Å². The standard InChI is InChI=1S/C22H27N3O3/c1-3-5-6-9-13-25-21(27)18(20(26)23-22(25)28)14-16-15-24(12-4-2)19-11-8-7-10-17(16)19/h7-8,10-11,14-15H,3-6,9,12-13H2,1-2H3,(H,23,26,28)/b18-14+. The third kappa shape index (κ3) is 4.01. The maximum atomic E-state index is 12.9. The molecular weight excluding hydrogens is 354 g/mol. The SMILES string of the molecule is CCCCCCN1C(=O)NC(=O)/C(=C\c2cn(CCC)c3ccccc23)C1=O. The minimum Gasteiger partial charge on any atom is -0.347 e. The number of urea groups is 1. The number of unbranched alkanes of at least 4 members (excludes halogenated alkanes) is 3. The normalized spacial score (nSPS) is 16.3. The van der Waals surface area contributed by atoms with Gasteiger partial charge < -0.3 is 4.57 Å². The highest BCUT2D eigenvalue weighted by molar-refractivity contribution is 6.31. The molecule has 1 aliphatic heterocycles. The molecule has 0 spiro atoms. The summed E-state index contributed by atoms with van der Waals surface area (Å²) in [6.07, 6.45) is 8.37. The Labute approximate surface area is 165 Å². The van der Waals surface area contributed by atoms with Crippen LogP contribution in [0.2, 0.25) is 0 Å². The summed E-state index contributed by atoms with van der Waals surface area (Å²) >= 11 is 0. The van der Waals surface area contributed by atoms with Gasteiger partial charge in [-0.05, 0) is 25.0 Å². The van der Waals surface area contributed by atoms with Crippen molar-refractivity contribution in [3.63, 3.8) is 0 Å². The molecule has 6 heteroatoms. The molecule has 0 aliphatic carbocycles. The van der Waals surface area contributed by atoms with Crippen LogP contribution >= 0.6 is 0 Å². The number of aromatic nitrogens is 1. The first kappa shape index (κ1) is 19.9. The van der Waals surface area contributed by atoms with Crippen LogP contribution in [0.1, 0.15) is 51.5 Å². The Hall–Kier alpha value is -2.89. The molecule has 0 bridgehead atoms. The third-order valence-electron chi connectivity index (χ3n) is 5.00. The van der Waals surface area contributed by atoms with E-state index in [1.807, 2.05) is 30.5 Å². The van der Waals surface area contributed by atoms with E-state index in [1.165, 1.54) is 0 Å². The maximum Gasteiger partial charge on any atom is 0.331 e. The van der Waals surface area contributed by atoms with Crippen LogP contribution in [-0.4, -0.2) is 33.9 Å². The molecular formula is C22H27N3O3. The molecule has 3 rings (SSSR count). The summed E-state index contributed by atoms with van der Waals surface area (Å²) in [5, 5.41) is 3.29. The molecule has 28 heavy (non-hydrogen) atoms. The molecule has 4 amide bonds. The van der Waals surface area contributed by atoms with Gasteiger partial charge in [0.1, 0.15) is 5.57 Å². The molecule has 1 aromatic carbocycles. The summed E-state index contributed by atoms with van der Waals surface area (Å²) in [6.45, 7) is 5.39. The van der Waals surface area contributed by atoms with Crippen LogP contribution in [0.4, 0.5) is 4.79 Å². The first-order chi connectivity index (χ1) is 13.6. The fraction of sp³-hybridized carbons (Fsp3) is 0.409. The minimum absolute atomic E-state index is 0.00879. The lowest BCUT2D eigenvalue weighted by molar-refractivity contribution is -0.130. The highest BCUT2D eigenvalue weighted by Crippen LogP contribution is 2.25. The molecule has 0 saturated carbocycles. The third-order valence-corrected chi connectivity index (χ3v) is 5.00. The number of carbonyl (C=O) groups is 3. The second-order valence-electron chi connectivity index (χ2n) is 7.13. The Morgan fingerprint density at radius 2 is 1.75 bits per heavy atom. The molecule has 1 fully saturated rings. The van der Waals surface area contributed by atoms with Crippen molar-refractivity contribution < 1.29 is 14.4 Å². The van der Waals surface area contributed by atoms with E-state index in [9.17, 15) is 14.4 Å². The van der Waals surface area contributed by atoms with Gasteiger partial charge in [0.05, 0.1) is 0 Å². The zero-order valence-corrected chi connectivity index (χ0v) is 16.5. The van der Waals surface area contributed by atoms with Crippen molar-refractivity contribution >= 4 is 34.8 Å². The van der Waals surface area contributed by atoms with Crippen molar-refractivity contribution in [2.45, 2.75) is 52.5 Å². The molecule has 1 saturated heterocycles. The Morgan fingerprint density at radius 1 is 0.964 bits per heavy atom. The Balaban J connectivity index is 1.92. The maximum absolute atomic E-state index is 12.9. The van der Waals surface area contributed by atoms with Crippen molar-refractivity contribution in [2.24, 2.45) is 0 Å². The van der Waals surface area contributed by atoms with E-state index in [-0.39, 0.29) is 5.57 Å². The summed E-state index contributed by atoms with van der Waals surface area (Å²) in [7, 11) is 0. The van der Waals surface area contributed by atoms with Gasteiger partial charge in [0.2, 0.25) is 0 Å². The van der Waals surface area contributed by atoms with E-state index < -0.39 is 17.8 Å². The number of para-hydroxylation sites is 1. The molecule has 0 unspecified atom stereocenters. The largest absolute Gasteiger partial charge is 0.347 e. The van der Waals surface area contributed by atoms with Crippen LogP contribution in [0.25, 0.3) is 17.0 Å². The van der Waals surface area contributed by atoms with E-state index >= 15 is 0 Å². The molecule has 6 nitrogen and oxygen atoms in total. The number of aryl methyl sites for hydroxylation is 1. The lowest BCUT2D eigenvalue weighted by atomic mass is 10.1. The number of nitrogens with zero attached hydrogens (tertiary/aromatic N) is 2. The van der Waals surface area contributed by atoms with Gasteiger partial charge in [-0.2, -0.15) is 0 Å². The highest BCUT2D eigenvalue weighted by Gasteiger charge is 2.35. The van der Waals surface area contributed by atoms with Gasteiger partial charge in [-0.3, -0.25) is 19.8 Å². The lowest BCUT2D eigenvalue weighted by Crippen LogP contribution is -2.54. The quantitative estimate of drug-likeness (QED) is 0.425. The number of imide groups is 2. The smallest absolute Gasteiger partial charge is 0.331 e. The number of benzene rings is 1. The van der Waals surface area contributed by atoms with Gasteiger partial charge in [-0.25, -0.2) is 4.79 Å². The van der Waals surface area contributed by atoms with Crippen molar-refractivity contribution in [3.05, 3.63) is 41.6 Å². The topological polar surface area (TPSA) is 71.4 Å². The summed E-state index contributed by atoms with van der Waals surface area (Å²) in [5.74, 6) is -1.15. The monoisotopic (exact) mass is 381 g/mol. The number of nitrogens with one attached hydrogen (secondary N) is 1. The van der Waals surface area contributed by atoms with Crippen molar-refractivity contribution in [2.75, 3.05) is 6.54 Å². The first-order valence-corrected chi connectivity index (χ1v) is 10.0. The van der Waals surface area contributed by atoms with Crippen LogP contribution in [0, 0.1) is 0 Å². The summed E-state index contributed by atoms with van der Waals surface area (Å²) in [4.78, 5) is 38.5. The van der Waals surface area contributed by atoms with Crippen LogP contribution < -0.4 is 5.32 Å². The minimum atomic E-state index is -0.632. The van der Waals surface area contributed by atoms with E-state index in [1.54, 1.807) is 6.08 Å². The average molecular weight is 381 g/mol. The number of carbonyl (C=O) groups excluding carboxylic acids is 3. The van der Waals surface area contributed by atoms with E-state index in [4.69, 9.17) is 0 Å². The van der Waals surface area contributed by atoms with E-state index in [0.29, 0.717) is 6.54 Å². The van der Waals surface area contributed by atoms with Crippen LogP contribution in [0.5, 0.6) is 0 Å². The molecule has 1 aromatic heterocycles. The summed E-state index contributed by atoms with van der Waals surface area (Å²) in [5.41, 5.74) is 1.88. The van der Waals surface area contributed by atoms with Gasteiger partial charge in [0, 0.05) is 35.8 Å². The number of rotatable bonds is 8. The fourth-order valence-corrected chi connectivity index (χ4v) is 3.57. The number of barbiturate groups is 1. The molecule has 0 radical (unpaired) electrons. The lowest BCUT2D eigenvalue weighted by Gasteiger charge is -2.26. The number of hydrogen-bond acceptors (Lipinski definition) is 3. The zero-order valence-electron chi connectivity index (χ0n) is 16.5.